The van der Waals surface area contributed by atoms with Crippen molar-refractivity contribution >= 4 is 22.2 Å². The monoisotopic (exact) mass is 348 g/mol. The molecule has 0 aromatic heterocycles. The van der Waals surface area contributed by atoms with Crippen LogP contribution in [-0.4, -0.2) is 6.29 Å². The lowest BCUT2D eigenvalue weighted by atomic mass is 9.72. The summed E-state index contributed by atoms with van der Waals surface area (Å²) in [7, 11) is 0. The van der Waals surface area contributed by atoms with E-state index in [4.69, 9.17) is 0 Å². The molecule has 0 aromatic rings. The van der Waals surface area contributed by atoms with Crippen LogP contribution in [0.1, 0.15) is 47.0 Å². The van der Waals surface area contributed by atoms with E-state index in [0.29, 0.717) is 0 Å². The van der Waals surface area contributed by atoms with Gasteiger partial charge in [0, 0.05) is 4.48 Å². The number of allylic oxidation sites excluding steroid dienone is 10. The Balaban J connectivity index is 2.80. The zero-order valence-electron chi connectivity index (χ0n) is 13.4. The minimum Gasteiger partial charge on any atom is -0.299 e. The van der Waals surface area contributed by atoms with Gasteiger partial charge >= 0.3 is 0 Å². The Hall–Kier alpha value is -1.15. The van der Waals surface area contributed by atoms with E-state index in [2.05, 4.69) is 55.8 Å². The van der Waals surface area contributed by atoms with Gasteiger partial charge in [-0.1, -0.05) is 65.2 Å². The number of hydrogen-bond acceptors (Lipinski definition) is 1. The maximum Gasteiger partial charge on any atom is 0.143 e. The second-order valence-electron chi connectivity index (χ2n) is 6.22. The summed E-state index contributed by atoms with van der Waals surface area (Å²) in [6, 6.07) is 0. The lowest BCUT2D eigenvalue weighted by Crippen LogP contribution is -2.19. The van der Waals surface area contributed by atoms with Crippen LogP contribution in [0.5, 0.6) is 0 Å². The average Bonchev–Trinajstić information content (AvgIpc) is 2.37. The Morgan fingerprint density at radius 1 is 1.24 bits per heavy atom. The highest BCUT2D eigenvalue weighted by Gasteiger charge is 2.26. The van der Waals surface area contributed by atoms with Gasteiger partial charge in [-0.15, -0.1) is 0 Å². The molecular weight excluding hydrogens is 324 g/mol. The summed E-state index contributed by atoms with van der Waals surface area (Å²) in [5.41, 5.74) is 4.47. The first-order valence-electron chi connectivity index (χ1n) is 7.41. The molecule has 0 unspecified atom stereocenters. The van der Waals surface area contributed by atoms with Crippen molar-refractivity contribution in [2.75, 3.05) is 0 Å². The first-order chi connectivity index (χ1) is 9.86. The van der Waals surface area contributed by atoms with Crippen LogP contribution < -0.4 is 0 Å². The molecule has 1 rings (SSSR count). The smallest absolute Gasteiger partial charge is 0.143 e. The van der Waals surface area contributed by atoms with Crippen molar-refractivity contribution in [3.8, 4) is 0 Å². The van der Waals surface area contributed by atoms with Crippen LogP contribution in [0.4, 0.5) is 0 Å². The number of aldehydes is 1. The lowest BCUT2D eigenvalue weighted by molar-refractivity contribution is -0.104. The molecule has 0 atom stereocenters. The molecule has 114 valence electrons. The quantitative estimate of drug-likeness (QED) is 0.335. The average molecular weight is 349 g/mol. The number of carbonyl (C=O) groups excluding carboxylic acids is 1. The molecule has 21 heavy (non-hydrogen) atoms. The van der Waals surface area contributed by atoms with Crippen LogP contribution in [0.15, 0.2) is 57.7 Å². The first-order valence-corrected chi connectivity index (χ1v) is 8.20. The van der Waals surface area contributed by atoms with E-state index >= 15 is 0 Å². The Labute approximate surface area is 137 Å². The molecule has 0 spiro atoms. The molecule has 0 saturated heterocycles. The fourth-order valence-corrected chi connectivity index (χ4v) is 2.95. The maximum atomic E-state index is 10.3. The predicted octanol–water partition coefficient (Wildman–Crippen LogP) is 6.05. The highest BCUT2D eigenvalue weighted by Crippen LogP contribution is 2.40. The van der Waals surface area contributed by atoms with Crippen LogP contribution in [0.2, 0.25) is 0 Å². The SMILES string of the molecule is CC1=C(/C=C/C(C)=C/C=C/C(Br)=C/C=O)C(C)(C)CCC1. The van der Waals surface area contributed by atoms with Crippen LogP contribution in [0, 0.1) is 5.41 Å². The molecule has 0 saturated carbocycles. The van der Waals surface area contributed by atoms with Crippen molar-refractivity contribution in [2.45, 2.75) is 47.0 Å². The second-order valence-corrected chi connectivity index (χ2v) is 7.14. The van der Waals surface area contributed by atoms with E-state index in [-0.39, 0.29) is 5.41 Å². The Kier molecular flexibility index (Phi) is 7.10. The van der Waals surface area contributed by atoms with E-state index in [1.807, 2.05) is 18.2 Å². The molecule has 0 aliphatic heterocycles. The molecule has 1 aliphatic carbocycles. The third kappa shape index (κ3) is 6.01. The van der Waals surface area contributed by atoms with Gasteiger partial charge < -0.3 is 0 Å². The standard InChI is InChI=1S/C19H25BrO/c1-15(7-5-9-17(20)12-14-21)10-11-18-16(2)8-6-13-19(18,3)4/h5,7,9-12,14H,6,8,13H2,1-4H3/b9-5+,11-10+,15-7+,17-12-. The highest BCUT2D eigenvalue weighted by molar-refractivity contribution is 9.11. The van der Waals surface area contributed by atoms with Gasteiger partial charge in [-0.2, -0.15) is 0 Å². The molecule has 0 N–H and O–H groups in total. The number of hydrogen-bond donors (Lipinski definition) is 0. The summed E-state index contributed by atoms with van der Waals surface area (Å²) in [4.78, 5) is 10.3. The Morgan fingerprint density at radius 2 is 1.95 bits per heavy atom. The molecule has 0 bridgehead atoms. The van der Waals surface area contributed by atoms with Gasteiger partial charge in [0.2, 0.25) is 0 Å². The first kappa shape index (κ1) is 17.9. The Morgan fingerprint density at radius 3 is 2.57 bits per heavy atom. The van der Waals surface area contributed by atoms with E-state index < -0.39 is 0 Å². The molecule has 1 aliphatic rings. The van der Waals surface area contributed by atoms with E-state index in [0.717, 1.165) is 10.8 Å². The van der Waals surface area contributed by atoms with Crippen molar-refractivity contribution in [2.24, 2.45) is 5.41 Å². The number of carbonyl (C=O) groups is 1. The number of halogens is 1. The summed E-state index contributed by atoms with van der Waals surface area (Å²) in [6.45, 7) is 9.00. The van der Waals surface area contributed by atoms with Crippen molar-refractivity contribution in [3.63, 3.8) is 0 Å². The van der Waals surface area contributed by atoms with Crippen molar-refractivity contribution in [1.29, 1.82) is 0 Å². The van der Waals surface area contributed by atoms with Crippen LogP contribution in [-0.2, 0) is 4.79 Å². The molecular formula is C19H25BrO. The van der Waals surface area contributed by atoms with Crippen LogP contribution in [0.25, 0.3) is 0 Å². The maximum absolute atomic E-state index is 10.3. The Bertz CT molecular complexity index is 528. The van der Waals surface area contributed by atoms with E-state index in [9.17, 15) is 4.79 Å². The molecule has 0 aromatic carbocycles. The topological polar surface area (TPSA) is 17.1 Å². The third-order valence-electron chi connectivity index (χ3n) is 3.90. The minimum absolute atomic E-state index is 0.282. The summed E-state index contributed by atoms with van der Waals surface area (Å²) < 4.78 is 0.775. The zero-order chi connectivity index (χ0) is 15.9. The van der Waals surface area contributed by atoms with Gasteiger partial charge in [0.25, 0.3) is 0 Å². The lowest BCUT2D eigenvalue weighted by Gasteiger charge is -2.32. The van der Waals surface area contributed by atoms with Gasteiger partial charge in [0.15, 0.2) is 0 Å². The van der Waals surface area contributed by atoms with Crippen molar-refractivity contribution < 1.29 is 4.79 Å². The van der Waals surface area contributed by atoms with Crippen LogP contribution in [0.3, 0.4) is 0 Å². The van der Waals surface area contributed by atoms with Crippen molar-refractivity contribution in [3.05, 3.63) is 57.7 Å². The van der Waals surface area contributed by atoms with Crippen molar-refractivity contribution in [1.82, 2.24) is 0 Å². The summed E-state index contributed by atoms with van der Waals surface area (Å²) in [5, 5.41) is 0. The van der Waals surface area contributed by atoms with Gasteiger partial charge in [-0.05, 0) is 56.3 Å². The van der Waals surface area contributed by atoms with Gasteiger partial charge in [-0.25, -0.2) is 0 Å². The third-order valence-corrected chi connectivity index (χ3v) is 4.43. The van der Waals surface area contributed by atoms with E-state index in [1.54, 1.807) is 0 Å². The normalized spacial score (nSPS) is 20.6. The summed E-state index contributed by atoms with van der Waals surface area (Å²) in [6.07, 6.45) is 16.3. The van der Waals surface area contributed by atoms with Gasteiger partial charge in [-0.3, -0.25) is 4.79 Å². The zero-order valence-corrected chi connectivity index (χ0v) is 15.0. The molecule has 0 amide bonds. The summed E-state index contributed by atoms with van der Waals surface area (Å²) >= 11 is 3.30. The van der Waals surface area contributed by atoms with Crippen LogP contribution >= 0.6 is 15.9 Å². The summed E-state index contributed by atoms with van der Waals surface area (Å²) in [5.74, 6) is 0. The predicted molar refractivity (Wildman–Crippen MR) is 95.4 cm³/mol. The molecule has 2 heteroatoms. The largest absolute Gasteiger partial charge is 0.299 e. The van der Waals surface area contributed by atoms with Gasteiger partial charge in [0.05, 0.1) is 0 Å². The number of rotatable bonds is 5. The molecule has 0 heterocycles. The highest BCUT2D eigenvalue weighted by atomic mass is 79.9. The fraction of sp³-hybridized carbons (Fsp3) is 0.421. The second kappa shape index (κ2) is 8.33. The molecule has 0 radical (unpaired) electrons. The molecule has 0 fully saturated rings. The van der Waals surface area contributed by atoms with E-state index in [1.165, 1.54) is 42.1 Å². The van der Waals surface area contributed by atoms with Gasteiger partial charge in [0.1, 0.15) is 6.29 Å². The molecule has 1 nitrogen and oxygen atoms in total. The fourth-order valence-electron chi connectivity index (χ4n) is 2.69. The minimum atomic E-state index is 0.282.